The summed E-state index contributed by atoms with van der Waals surface area (Å²) < 4.78 is 17.3. The van der Waals surface area contributed by atoms with Gasteiger partial charge in [0, 0.05) is 12.3 Å². The molecule has 0 aliphatic heterocycles. The maximum Gasteiger partial charge on any atom is 0.175 e. The maximum absolute atomic E-state index is 13.1. The topological polar surface area (TPSA) is 70.7 Å². The first-order valence-corrected chi connectivity index (χ1v) is 6.12. The summed E-state index contributed by atoms with van der Waals surface area (Å²) in [6.45, 7) is 0. The molecule has 0 aliphatic carbocycles. The van der Waals surface area contributed by atoms with E-state index in [1.807, 2.05) is 6.07 Å². The Morgan fingerprint density at radius 1 is 1.21 bits per heavy atom. The largest absolute Gasteiger partial charge is 0.505 e. The molecule has 7 heteroatoms. The Bertz CT molecular complexity index is 771. The number of nitrogens with zero attached hydrogens (tertiary/aromatic N) is 4. The molecule has 1 N–H and O–H groups in total. The fraction of sp³-hybridized carbons (Fsp3) is 0. The monoisotopic (exact) mass is 274 g/mol. The van der Waals surface area contributed by atoms with Gasteiger partial charge in [-0.1, -0.05) is 0 Å². The van der Waals surface area contributed by atoms with Crippen molar-refractivity contribution in [2.75, 3.05) is 0 Å². The van der Waals surface area contributed by atoms with Crippen molar-refractivity contribution in [3.63, 3.8) is 0 Å². The van der Waals surface area contributed by atoms with E-state index in [1.165, 1.54) is 23.7 Å². The third-order valence-electron chi connectivity index (χ3n) is 2.42. The first-order chi connectivity index (χ1) is 9.24. The molecule has 2 aromatic heterocycles. The normalized spacial score (nSPS) is 11.4. The van der Waals surface area contributed by atoms with Gasteiger partial charge in [0.05, 0.1) is 11.1 Å². The van der Waals surface area contributed by atoms with E-state index < -0.39 is 11.6 Å². The van der Waals surface area contributed by atoms with E-state index in [4.69, 9.17) is 5.11 Å². The van der Waals surface area contributed by atoms with E-state index >= 15 is 0 Å². The summed E-state index contributed by atoms with van der Waals surface area (Å²) in [5.74, 6) is -1.14. The average Bonchev–Trinajstić information content (AvgIpc) is 2.83. The highest BCUT2D eigenvalue weighted by Gasteiger charge is 2.05. The van der Waals surface area contributed by atoms with Gasteiger partial charge >= 0.3 is 0 Å². The number of rotatable bonds is 2. The van der Waals surface area contributed by atoms with Crippen molar-refractivity contribution >= 4 is 33.3 Å². The fourth-order valence-electron chi connectivity index (χ4n) is 1.51. The Morgan fingerprint density at radius 2 is 2.11 bits per heavy atom. The first kappa shape index (κ1) is 11.7. The number of fused-ring (bicyclic) bond motifs is 1. The molecule has 0 atom stereocenters. The highest BCUT2D eigenvalue weighted by molar-refractivity contribution is 7.11. The average molecular weight is 274 g/mol. The van der Waals surface area contributed by atoms with Gasteiger partial charge in [-0.2, -0.15) is 4.37 Å². The molecule has 94 valence electrons. The van der Waals surface area contributed by atoms with Crippen molar-refractivity contribution in [3.05, 3.63) is 42.3 Å². The Labute approximate surface area is 111 Å². The Hall–Kier alpha value is -2.41. The Morgan fingerprint density at radius 3 is 2.95 bits per heavy atom. The molecule has 5 nitrogen and oxygen atoms in total. The van der Waals surface area contributed by atoms with Crippen LogP contribution in [0.1, 0.15) is 0 Å². The lowest BCUT2D eigenvalue weighted by Gasteiger charge is -1.95. The summed E-state index contributed by atoms with van der Waals surface area (Å²) in [4.78, 5) is 4.09. The molecule has 0 unspecified atom stereocenters. The molecule has 0 aliphatic rings. The first-order valence-electron chi connectivity index (χ1n) is 5.35. The van der Waals surface area contributed by atoms with Crippen LogP contribution in [-0.2, 0) is 0 Å². The van der Waals surface area contributed by atoms with Crippen molar-refractivity contribution in [3.8, 4) is 5.75 Å². The summed E-state index contributed by atoms with van der Waals surface area (Å²) in [5.41, 5.74) is 0.930. The molecule has 3 rings (SSSR count). The molecular weight excluding hydrogens is 267 g/mol. The zero-order chi connectivity index (χ0) is 13.2. The van der Waals surface area contributed by atoms with E-state index in [-0.39, 0.29) is 0 Å². The molecule has 0 saturated carbocycles. The molecule has 2 heterocycles. The zero-order valence-electron chi connectivity index (χ0n) is 9.49. The number of aromatic nitrogens is 2. The molecule has 1 aromatic carbocycles. The molecule has 0 saturated heterocycles. The van der Waals surface area contributed by atoms with Crippen LogP contribution in [0, 0.1) is 5.82 Å². The lowest BCUT2D eigenvalue weighted by Crippen LogP contribution is -1.73. The predicted octanol–water partition coefficient (Wildman–Crippen LogP) is 3.95. The van der Waals surface area contributed by atoms with Crippen molar-refractivity contribution in [2.24, 2.45) is 10.2 Å². The lowest BCUT2D eigenvalue weighted by molar-refractivity contribution is 0.432. The van der Waals surface area contributed by atoms with E-state index in [1.54, 1.807) is 12.3 Å². The number of pyridine rings is 1. The minimum atomic E-state index is -0.729. The van der Waals surface area contributed by atoms with Crippen LogP contribution < -0.4 is 0 Å². The highest BCUT2D eigenvalue weighted by Crippen LogP contribution is 2.31. The van der Waals surface area contributed by atoms with Crippen LogP contribution in [0.4, 0.5) is 15.1 Å². The smallest absolute Gasteiger partial charge is 0.175 e. The van der Waals surface area contributed by atoms with E-state index in [0.717, 1.165) is 11.5 Å². The summed E-state index contributed by atoms with van der Waals surface area (Å²) in [7, 11) is 0. The van der Waals surface area contributed by atoms with Gasteiger partial charge in [0.15, 0.2) is 22.2 Å². The molecule has 0 radical (unpaired) electrons. The van der Waals surface area contributed by atoms with Gasteiger partial charge < -0.3 is 5.11 Å². The number of phenolic OH excluding ortho intramolecular Hbond substituents is 1. The van der Waals surface area contributed by atoms with Crippen molar-refractivity contribution in [1.29, 1.82) is 0 Å². The van der Waals surface area contributed by atoms with Crippen molar-refractivity contribution in [1.82, 2.24) is 9.36 Å². The molecule has 0 amide bonds. The quantitative estimate of drug-likeness (QED) is 0.719. The highest BCUT2D eigenvalue weighted by atomic mass is 32.1. The number of azo groups is 1. The number of benzene rings is 1. The molecule has 19 heavy (non-hydrogen) atoms. The van der Waals surface area contributed by atoms with Gasteiger partial charge in [-0.25, -0.2) is 9.37 Å². The molecule has 0 spiro atoms. The van der Waals surface area contributed by atoms with Crippen LogP contribution in [-0.4, -0.2) is 14.5 Å². The number of phenols is 1. The maximum atomic E-state index is 13.1. The zero-order valence-corrected chi connectivity index (χ0v) is 10.3. The predicted molar refractivity (Wildman–Crippen MR) is 69.7 cm³/mol. The van der Waals surface area contributed by atoms with Gasteiger partial charge in [0.25, 0.3) is 0 Å². The number of halogens is 1. The number of aromatic hydroxyl groups is 1. The van der Waals surface area contributed by atoms with Crippen LogP contribution in [0.3, 0.4) is 0 Å². The van der Waals surface area contributed by atoms with Crippen LogP contribution >= 0.6 is 11.5 Å². The molecule has 3 aromatic rings. The van der Waals surface area contributed by atoms with Crippen LogP contribution in [0.2, 0.25) is 0 Å². The summed E-state index contributed by atoms with van der Waals surface area (Å²) in [5, 5.41) is 18.4. The standard InChI is InChI=1S/C12H7FN4OS/c13-9-6-7(3-4-10(9)18)15-16-12-8-2-1-5-14-11(8)17-19-12/h1-6,18H. The van der Waals surface area contributed by atoms with Crippen molar-refractivity contribution in [2.45, 2.75) is 0 Å². The van der Waals surface area contributed by atoms with Gasteiger partial charge in [0.1, 0.15) is 0 Å². The van der Waals surface area contributed by atoms with Crippen molar-refractivity contribution < 1.29 is 9.50 Å². The Balaban J connectivity index is 1.96. The van der Waals surface area contributed by atoms with Gasteiger partial charge in [-0.15, -0.1) is 10.2 Å². The van der Waals surface area contributed by atoms with Gasteiger partial charge in [-0.3, -0.25) is 0 Å². The minimum absolute atomic E-state index is 0.320. The molecular formula is C12H7FN4OS. The summed E-state index contributed by atoms with van der Waals surface area (Å²) in [6, 6.07) is 7.45. The van der Waals surface area contributed by atoms with Crippen LogP contribution in [0.15, 0.2) is 46.8 Å². The second kappa shape index (κ2) is 4.69. The van der Waals surface area contributed by atoms with Crippen LogP contribution in [0.25, 0.3) is 11.0 Å². The lowest BCUT2D eigenvalue weighted by atomic mass is 10.3. The summed E-state index contributed by atoms with van der Waals surface area (Å²) in [6.07, 6.45) is 1.65. The third kappa shape index (κ3) is 2.27. The molecule has 0 fully saturated rings. The SMILES string of the molecule is Oc1ccc(N=Nc2snc3ncccc23)cc1F. The fourth-order valence-corrected chi connectivity index (χ4v) is 2.16. The van der Waals surface area contributed by atoms with E-state index in [0.29, 0.717) is 16.3 Å². The van der Waals surface area contributed by atoms with Gasteiger partial charge in [-0.05, 0) is 35.8 Å². The Kier molecular flexibility index (Phi) is 2.88. The second-order valence-electron chi connectivity index (χ2n) is 3.70. The summed E-state index contributed by atoms with van der Waals surface area (Å²) >= 11 is 1.17. The second-order valence-corrected chi connectivity index (χ2v) is 4.45. The number of hydrogen-bond donors (Lipinski definition) is 1. The minimum Gasteiger partial charge on any atom is -0.505 e. The van der Waals surface area contributed by atoms with E-state index in [9.17, 15) is 4.39 Å². The number of hydrogen-bond acceptors (Lipinski definition) is 6. The molecule has 0 bridgehead atoms. The third-order valence-corrected chi connectivity index (χ3v) is 3.16. The van der Waals surface area contributed by atoms with Gasteiger partial charge in [0.2, 0.25) is 0 Å². The van der Waals surface area contributed by atoms with E-state index in [2.05, 4.69) is 19.6 Å². The van der Waals surface area contributed by atoms with Crippen LogP contribution in [0.5, 0.6) is 5.75 Å².